The third-order valence-corrected chi connectivity index (χ3v) is 5.45. The van der Waals surface area contributed by atoms with Crippen molar-refractivity contribution in [1.29, 1.82) is 0 Å². The summed E-state index contributed by atoms with van der Waals surface area (Å²) >= 11 is 0. The van der Waals surface area contributed by atoms with Gasteiger partial charge >= 0.3 is 0 Å². The van der Waals surface area contributed by atoms with Crippen LogP contribution in [0.3, 0.4) is 0 Å². The number of benzene rings is 3. The van der Waals surface area contributed by atoms with Crippen LogP contribution in [-0.2, 0) is 4.74 Å². The maximum absolute atomic E-state index is 14.7. The summed E-state index contributed by atoms with van der Waals surface area (Å²) in [4.78, 5) is 0. The van der Waals surface area contributed by atoms with Crippen LogP contribution in [0.2, 0.25) is 0 Å². The summed E-state index contributed by atoms with van der Waals surface area (Å²) < 4.78 is 20.7. The van der Waals surface area contributed by atoms with Gasteiger partial charge in [0.05, 0.1) is 6.10 Å². The zero-order chi connectivity index (χ0) is 18.8. The van der Waals surface area contributed by atoms with Gasteiger partial charge in [0, 0.05) is 12.2 Å². The van der Waals surface area contributed by atoms with Crippen LogP contribution >= 0.6 is 0 Å². The van der Waals surface area contributed by atoms with Crippen LogP contribution in [0.1, 0.15) is 44.4 Å². The van der Waals surface area contributed by atoms with Crippen molar-refractivity contribution >= 4 is 0 Å². The Morgan fingerprint density at radius 3 is 2.07 bits per heavy atom. The second-order valence-corrected chi connectivity index (χ2v) is 7.69. The number of rotatable bonds is 3. The molecule has 1 saturated heterocycles. The number of aryl methyl sites for hydroxylation is 1. The molecule has 0 aliphatic carbocycles. The molecular formula is C26H29FO. The smallest absolute Gasteiger partial charge is 0.131 e. The fraction of sp³-hybridized carbons (Fsp3) is 0.308. The Morgan fingerprint density at radius 2 is 1.46 bits per heavy atom. The van der Waals surface area contributed by atoms with Gasteiger partial charge in [0.25, 0.3) is 0 Å². The first-order chi connectivity index (χ1) is 13.1. The molecule has 28 heavy (non-hydrogen) atoms. The summed E-state index contributed by atoms with van der Waals surface area (Å²) in [7, 11) is 0. The lowest BCUT2D eigenvalue weighted by Gasteiger charge is -2.27. The normalized spacial score (nSPS) is 19.1. The molecular weight excluding hydrogens is 347 g/mol. The van der Waals surface area contributed by atoms with E-state index in [4.69, 9.17) is 4.74 Å². The number of hydrogen-bond acceptors (Lipinski definition) is 1. The zero-order valence-corrected chi connectivity index (χ0v) is 15.9. The zero-order valence-electron chi connectivity index (χ0n) is 15.9. The van der Waals surface area contributed by atoms with Crippen molar-refractivity contribution in [3.05, 3.63) is 83.7 Å². The second-order valence-electron chi connectivity index (χ2n) is 7.69. The van der Waals surface area contributed by atoms with Crippen LogP contribution in [0.15, 0.2) is 66.7 Å². The first-order valence-corrected chi connectivity index (χ1v) is 9.68. The van der Waals surface area contributed by atoms with Crippen molar-refractivity contribution in [1.82, 2.24) is 0 Å². The van der Waals surface area contributed by atoms with Gasteiger partial charge in [-0.25, -0.2) is 4.39 Å². The SMILES string of the molecule is C.Cc1ccc(-c2ccc(-c3ccc([C@@H]4CCC(C)CO4)cc3)cc2F)cc1. The molecule has 2 atom stereocenters. The first kappa shape index (κ1) is 20.3. The van der Waals surface area contributed by atoms with E-state index >= 15 is 0 Å². The van der Waals surface area contributed by atoms with E-state index in [2.05, 4.69) is 31.2 Å². The molecule has 0 aromatic heterocycles. The van der Waals surface area contributed by atoms with E-state index in [1.807, 2.05) is 43.3 Å². The molecule has 0 spiro atoms. The van der Waals surface area contributed by atoms with Crippen LogP contribution in [0.25, 0.3) is 22.3 Å². The van der Waals surface area contributed by atoms with Crippen LogP contribution in [0.5, 0.6) is 0 Å². The van der Waals surface area contributed by atoms with Crippen LogP contribution < -0.4 is 0 Å². The molecule has 1 fully saturated rings. The fourth-order valence-corrected chi connectivity index (χ4v) is 3.70. The van der Waals surface area contributed by atoms with Gasteiger partial charge in [0.1, 0.15) is 5.82 Å². The average Bonchev–Trinajstić information content (AvgIpc) is 2.69. The van der Waals surface area contributed by atoms with Gasteiger partial charge in [0.2, 0.25) is 0 Å². The van der Waals surface area contributed by atoms with E-state index in [-0.39, 0.29) is 19.3 Å². The van der Waals surface area contributed by atoms with Gasteiger partial charge < -0.3 is 4.74 Å². The molecule has 1 aliphatic heterocycles. The van der Waals surface area contributed by atoms with Crippen molar-refractivity contribution in [3.63, 3.8) is 0 Å². The Hall–Kier alpha value is -2.45. The number of ether oxygens (including phenoxy) is 1. The molecule has 1 unspecified atom stereocenters. The summed E-state index contributed by atoms with van der Waals surface area (Å²) in [5.74, 6) is 0.459. The van der Waals surface area contributed by atoms with Crippen molar-refractivity contribution in [2.75, 3.05) is 6.61 Å². The molecule has 3 aromatic rings. The third kappa shape index (κ3) is 4.34. The number of hydrogen-bond donors (Lipinski definition) is 0. The molecule has 4 rings (SSSR count). The van der Waals surface area contributed by atoms with Crippen molar-refractivity contribution in [2.45, 2.75) is 40.2 Å². The van der Waals surface area contributed by atoms with E-state index in [1.54, 1.807) is 6.07 Å². The third-order valence-electron chi connectivity index (χ3n) is 5.45. The molecule has 1 heterocycles. The van der Waals surface area contributed by atoms with Crippen molar-refractivity contribution in [2.24, 2.45) is 5.92 Å². The Bertz CT molecular complexity index is 904. The fourth-order valence-electron chi connectivity index (χ4n) is 3.70. The molecule has 0 N–H and O–H groups in total. The summed E-state index contributed by atoms with van der Waals surface area (Å²) in [6.07, 6.45) is 2.47. The molecule has 2 heteroatoms. The van der Waals surface area contributed by atoms with E-state index < -0.39 is 0 Å². The summed E-state index contributed by atoms with van der Waals surface area (Å²) in [6.45, 7) is 5.10. The molecule has 146 valence electrons. The Morgan fingerprint density at radius 1 is 0.821 bits per heavy atom. The topological polar surface area (TPSA) is 9.23 Å². The minimum atomic E-state index is -0.190. The van der Waals surface area contributed by atoms with E-state index in [0.29, 0.717) is 11.5 Å². The maximum atomic E-state index is 14.7. The van der Waals surface area contributed by atoms with Crippen LogP contribution in [0.4, 0.5) is 4.39 Å². The highest BCUT2D eigenvalue weighted by atomic mass is 19.1. The Balaban J connectivity index is 0.00000225. The molecule has 0 saturated carbocycles. The molecule has 0 radical (unpaired) electrons. The molecule has 0 bridgehead atoms. The minimum Gasteiger partial charge on any atom is -0.373 e. The highest BCUT2D eigenvalue weighted by Gasteiger charge is 2.20. The quantitative estimate of drug-likeness (QED) is 0.457. The summed E-state index contributed by atoms with van der Waals surface area (Å²) in [5.41, 5.74) is 5.85. The van der Waals surface area contributed by atoms with E-state index in [0.717, 1.165) is 29.7 Å². The largest absolute Gasteiger partial charge is 0.373 e. The first-order valence-electron chi connectivity index (χ1n) is 9.68. The highest BCUT2D eigenvalue weighted by molar-refractivity contribution is 5.71. The predicted octanol–water partition coefficient (Wildman–Crippen LogP) is 7.59. The van der Waals surface area contributed by atoms with Gasteiger partial charge in [-0.1, -0.05) is 80.6 Å². The lowest BCUT2D eigenvalue weighted by Crippen LogP contribution is -2.18. The van der Waals surface area contributed by atoms with Crippen molar-refractivity contribution in [3.8, 4) is 22.3 Å². The predicted molar refractivity (Wildman–Crippen MR) is 116 cm³/mol. The molecule has 1 nitrogen and oxygen atoms in total. The Labute approximate surface area is 168 Å². The van der Waals surface area contributed by atoms with E-state index in [9.17, 15) is 4.39 Å². The van der Waals surface area contributed by atoms with Gasteiger partial charge in [-0.05, 0) is 54.0 Å². The highest BCUT2D eigenvalue weighted by Crippen LogP contribution is 2.32. The molecule has 3 aromatic carbocycles. The van der Waals surface area contributed by atoms with Gasteiger partial charge in [0.15, 0.2) is 0 Å². The summed E-state index contributed by atoms with van der Waals surface area (Å²) in [6, 6.07) is 21.8. The Kier molecular flexibility index (Phi) is 6.31. The van der Waals surface area contributed by atoms with Crippen LogP contribution in [0, 0.1) is 18.7 Å². The molecule has 1 aliphatic rings. The maximum Gasteiger partial charge on any atom is 0.131 e. The summed E-state index contributed by atoms with van der Waals surface area (Å²) in [5, 5.41) is 0. The lowest BCUT2D eigenvalue weighted by atomic mass is 9.94. The van der Waals surface area contributed by atoms with Crippen molar-refractivity contribution < 1.29 is 9.13 Å². The average molecular weight is 377 g/mol. The standard InChI is InChI=1S/C25H25FO.CH4/c1-17-3-6-20(7-4-17)23-13-12-22(15-24(23)26)19-8-10-21(11-9-19)25-14-5-18(2)16-27-25;/h3-4,6-13,15,18,25H,5,14,16H2,1-2H3;1H4/t18?,25-;/m0./s1. The molecule has 0 amide bonds. The monoisotopic (exact) mass is 376 g/mol. The second kappa shape index (κ2) is 8.70. The van der Waals surface area contributed by atoms with E-state index in [1.165, 1.54) is 17.5 Å². The minimum absolute atomic E-state index is 0. The van der Waals surface area contributed by atoms with Gasteiger partial charge in [-0.2, -0.15) is 0 Å². The van der Waals surface area contributed by atoms with Crippen LogP contribution in [-0.4, -0.2) is 6.61 Å². The van der Waals surface area contributed by atoms with Gasteiger partial charge in [-0.15, -0.1) is 0 Å². The number of halogens is 1. The lowest BCUT2D eigenvalue weighted by molar-refractivity contribution is -0.0123. The van der Waals surface area contributed by atoms with Gasteiger partial charge in [-0.3, -0.25) is 0 Å².